The quantitative estimate of drug-likeness (QED) is 0.726. The number of ketones is 1. The van der Waals surface area contributed by atoms with E-state index < -0.39 is 0 Å². The summed E-state index contributed by atoms with van der Waals surface area (Å²) in [6.45, 7) is 0. The van der Waals surface area contributed by atoms with Gasteiger partial charge in [0, 0.05) is 11.5 Å². The van der Waals surface area contributed by atoms with Gasteiger partial charge in [0.25, 0.3) is 0 Å². The molecular formula is C11H10Cl2OS. The molecule has 0 spiro atoms. The van der Waals surface area contributed by atoms with Gasteiger partial charge in [0.2, 0.25) is 0 Å². The lowest BCUT2D eigenvalue weighted by Crippen LogP contribution is -2.12. The van der Waals surface area contributed by atoms with Gasteiger partial charge in [-0.15, -0.1) is 11.3 Å². The number of fused-ring (bicyclic) bond motifs is 1. The number of hydrogen-bond acceptors (Lipinski definition) is 2. The average Bonchev–Trinajstić information content (AvgIpc) is 2.65. The third kappa shape index (κ3) is 1.73. The zero-order valence-corrected chi connectivity index (χ0v) is 10.3. The van der Waals surface area contributed by atoms with Crippen molar-refractivity contribution in [2.75, 3.05) is 0 Å². The van der Waals surface area contributed by atoms with Crippen LogP contribution in [0.15, 0.2) is 6.07 Å². The van der Waals surface area contributed by atoms with Crippen LogP contribution in [0.3, 0.4) is 0 Å². The van der Waals surface area contributed by atoms with Crippen molar-refractivity contribution in [1.82, 2.24) is 0 Å². The number of rotatable bonds is 2. The van der Waals surface area contributed by atoms with Gasteiger partial charge in [-0.1, -0.05) is 23.2 Å². The van der Waals surface area contributed by atoms with E-state index in [9.17, 15) is 4.79 Å². The summed E-state index contributed by atoms with van der Waals surface area (Å²) in [5, 5.41) is 0. The molecule has 4 heteroatoms. The first-order valence-corrected chi connectivity index (χ1v) is 6.71. The van der Waals surface area contributed by atoms with Crippen molar-refractivity contribution in [3.05, 3.63) is 20.3 Å². The van der Waals surface area contributed by atoms with Gasteiger partial charge < -0.3 is 0 Å². The Morgan fingerprint density at radius 3 is 2.47 bits per heavy atom. The molecule has 80 valence electrons. The zero-order valence-electron chi connectivity index (χ0n) is 8.00. The maximum absolute atomic E-state index is 12.1. The third-order valence-electron chi connectivity index (χ3n) is 3.54. The standard InChI is InChI=1S/C11H10Cl2OS/c12-9-4-8(11(13)15-9)10(14)7-2-5-1-6(5)3-7/h4-7H,1-3H2. The van der Waals surface area contributed by atoms with Gasteiger partial charge in [0.1, 0.15) is 4.34 Å². The molecular weight excluding hydrogens is 251 g/mol. The van der Waals surface area contributed by atoms with Crippen LogP contribution in [0.5, 0.6) is 0 Å². The lowest BCUT2D eigenvalue weighted by Gasteiger charge is -2.08. The van der Waals surface area contributed by atoms with E-state index in [4.69, 9.17) is 23.2 Å². The summed E-state index contributed by atoms with van der Waals surface area (Å²) in [6, 6.07) is 1.71. The van der Waals surface area contributed by atoms with Crippen LogP contribution in [-0.2, 0) is 0 Å². The number of halogens is 2. The minimum Gasteiger partial charge on any atom is -0.294 e. The maximum atomic E-state index is 12.1. The highest BCUT2D eigenvalue weighted by atomic mass is 35.5. The first-order valence-electron chi connectivity index (χ1n) is 5.14. The van der Waals surface area contributed by atoms with E-state index in [-0.39, 0.29) is 11.7 Å². The molecule has 1 nitrogen and oxygen atoms in total. The smallest absolute Gasteiger partial charge is 0.168 e. The van der Waals surface area contributed by atoms with Crippen molar-refractivity contribution < 1.29 is 4.79 Å². The largest absolute Gasteiger partial charge is 0.294 e. The van der Waals surface area contributed by atoms with Crippen LogP contribution in [0.4, 0.5) is 0 Å². The predicted molar refractivity (Wildman–Crippen MR) is 63.0 cm³/mol. The van der Waals surface area contributed by atoms with Crippen LogP contribution in [0.1, 0.15) is 29.6 Å². The highest BCUT2D eigenvalue weighted by Gasteiger charge is 2.48. The number of carbonyl (C=O) groups is 1. The Morgan fingerprint density at radius 1 is 1.27 bits per heavy atom. The van der Waals surface area contributed by atoms with Crippen molar-refractivity contribution in [3.63, 3.8) is 0 Å². The Bertz CT molecular complexity index is 416. The zero-order chi connectivity index (χ0) is 10.6. The van der Waals surface area contributed by atoms with Crippen molar-refractivity contribution in [1.29, 1.82) is 0 Å². The Kier molecular flexibility index (Phi) is 2.35. The van der Waals surface area contributed by atoms with Gasteiger partial charge in [-0.05, 0) is 37.2 Å². The minimum absolute atomic E-state index is 0.204. The summed E-state index contributed by atoms with van der Waals surface area (Å²) >= 11 is 13.1. The molecule has 1 aromatic heterocycles. The molecule has 2 aliphatic carbocycles. The minimum atomic E-state index is 0.204. The Labute approximate surface area is 102 Å². The summed E-state index contributed by atoms with van der Waals surface area (Å²) < 4.78 is 1.15. The van der Waals surface area contributed by atoms with Crippen LogP contribution in [0, 0.1) is 17.8 Å². The molecule has 1 heterocycles. The van der Waals surface area contributed by atoms with E-state index in [1.807, 2.05) is 0 Å². The van der Waals surface area contributed by atoms with Gasteiger partial charge in [0.05, 0.1) is 4.34 Å². The van der Waals surface area contributed by atoms with E-state index >= 15 is 0 Å². The molecule has 2 saturated carbocycles. The summed E-state index contributed by atoms with van der Waals surface area (Å²) in [5.41, 5.74) is 0.637. The fourth-order valence-electron chi connectivity index (χ4n) is 2.66. The van der Waals surface area contributed by atoms with E-state index in [2.05, 4.69) is 0 Å². The van der Waals surface area contributed by atoms with Crippen LogP contribution in [-0.4, -0.2) is 5.78 Å². The maximum Gasteiger partial charge on any atom is 0.168 e. The second-order valence-corrected chi connectivity index (χ2v) is 6.81. The number of thiophene rings is 1. The van der Waals surface area contributed by atoms with Gasteiger partial charge >= 0.3 is 0 Å². The first-order chi connectivity index (χ1) is 7.15. The highest BCUT2D eigenvalue weighted by Crippen LogP contribution is 2.55. The molecule has 2 unspecified atom stereocenters. The molecule has 0 aliphatic heterocycles. The molecule has 0 amide bonds. The summed E-state index contributed by atoms with van der Waals surface area (Å²) in [4.78, 5) is 12.1. The first kappa shape index (κ1) is 10.1. The Hall–Kier alpha value is -0.0500. The highest BCUT2D eigenvalue weighted by molar-refractivity contribution is 7.20. The van der Waals surface area contributed by atoms with Gasteiger partial charge in [-0.2, -0.15) is 0 Å². The molecule has 0 radical (unpaired) electrons. The van der Waals surface area contributed by atoms with E-state index in [1.54, 1.807) is 6.07 Å². The molecule has 0 aromatic carbocycles. The average molecular weight is 261 g/mol. The normalized spacial score (nSPS) is 32.8. The molecule has 1 aromatic rings. The van der Waals surface area contributed by atoms with Crippen LogP contribution in [0.2, 0.25) is 8.67 Å². The summed E-state index contributed by atoms with van der Waals surface area (Å²) in [5.74, 6) is 2.06. The summed E-state index contributed by atoms with van der Waals surface area (Å²) in [6.07, 6.45) is 3.46. The van der Waals surface area contributed by atoms with Crippen molar-refractivity contribution in [3.8, 4) is 0 Å². The topological polar surface area (TPSA) is 17.1 Å². The van der Waals surface area contributed by atoms with Crippen LogP contribution in [0.25, 0.3) is 0 Å². The Balaban J connectivity index is 1.81. The lowest BCUT2D eigenvalue weighted by molar-refractivity contribution is 0.0915. The molecule has 0 bridgehead atoms. The van der Waals surface area contributed by atoms with Gasteiger partial charge in [-0.25, -0.2) is 0 Å². The SMILES string of the molecule is O=C(c1cc(Cl)sc1Cl)C1CC2CC2C1. The fourth-order valence-corrected chi connectivity index (χ4v) is 4.13. The molecule has 2 atom stereocenters. The molecule has 0 N–H and O–H groups in total. The Morgan fingerprint density at radius 2 is 1.93 bits per heavy atom. The second-order valence-electron chi connectivity index (χ2n) is 4.53. The van der Waals surface area contributed by atoms with E-state index in [1.165, 1.54) is 17.8 Å². The monoisotopic (exact) mass is 260 g/mol. The van der Waals surface area contributed by atoms with E-state index in [0.29, 0.717) is 14.2 Å². The summed E-state index contributed by atoms with van der Waals surface area (Å²) in [7, 11) is 0. The molecule has 0 saturated heterocycles. The van der Waals surface area contributed by atoms with E-state index in [0.717, 1.165) is 24.7 Å². The van der Waals surface area contributed by atoms with Crippen LogP contribution >= 0.6 is 34.5 Å². The fraction of sp³-hybridized carbons (Fsp3) is 0.545. The number of Topliss-reactive ketones (excluding diaryl/α,β-unsaturated/α-hetero) is 1. The van der Waals surface area contributed by atoms with Crippen LogP contribution < -0.4 is 0 Å². The van der Waals surface area contributed by atoms with Gasteiger partial charge in [-0.3, -0.25) is 4.79 Å². The lowest BCUT2D eigenvalue weighted by atomic mass is 9.95. The number of carbonyl (C=O) groups excluding carboxylic acids is 1. The predicted octanol–water partition coefficient (Wildman–Crippen LogP) is 4.28. The van der Waals surface area contributed by atoms with Crippen molar-refractivity contribution >= 4 is 40.3 Å². The third-order valence-corrected chi connectivity index (χ3v) is 5.02. The molecule has 3 rings (SSSR count). The molecule has 2 aliphatic rings. The van der Waals surface area contributed by atoms with Crippen molar-refractivity contribution in [2.45, 2.75) is 19.3 Å². The molecule has 2 fully saturated rings. The van der Waals surface area contributed by atoms with Crippen molar-refractivity contribution in [2.24, 2.45) is 17.8 Å². The second kappa shape index (κ2) is 3.47. The molecule has 15 heavy (non-hydrogen) atoms. The van der Waals surface area contributed by atoms with Gasteiger partial charge in [0.15, 0.2) is 5.78 Å². The number of hydrogen-bond donors (Lipinski definition) is 0.